The molecule has 0 amide bonds. The Labute approximate surface area is 123 Å². The highest BCUT2D eigenvalue weighted by Crippen LogP contribution is 2.11. The fraction of sp³-hybridized carbons (Fsp3) is 0.615. The zero-order valence-corrected chi connectivity index (χ0v) is 12.6. The normalized spacial score (nSPS) is 10.8. The second-order valence-corrected chi connectivity index (χ2v) is 4.68. The van der Waals surface area contributed by atoms with Gasteiger partial charge in [0.15, 0.2) is 5.69 Å². The summed E-state index contributed by atoms with van der Waals surface area (Å²) >= 11 is 0. The van der Waals surface area contributed by atoms with E-state index in [1.54, 1.807) is 4.68 Å². The van der Waals surface area contributed by atoms with Gasteiger partial charge < -0.3 is 4.74 Å². The van der Waals surface area contributed by atoms with Crippen LogP contribution in [0.1, 0.15) is 48.7 Å². The summed E-state index contributed by atoms with van der Waals surface area (Å²) < 4.78 is 8.29. The number of carbonyl (C=O) groups is 1. The van der Waals surface area contributed by atoms with Gasteiger partial charge in [-0.05, 0) is 12.8 Å². The predicted molar refractivity (Wildman–Crippen MR) is 74.8 cm³/mol. The fourth-order valence-corrected chi connectivity index (χ4v) is 2.14. The molecule has 2 aromatic heterocycles. The largest absolute Gasteiger partial charge is 0.464 e. The lowest BCUT2D eigenvalue weighted by Gasteiger charge is -2.07. The number of hydrogen-bond donors (Lipinski definition) is 0. The van der Waals surface area contributed by atoms with Gasteiger partial charge in [-0.2, -0.15) is 5.10 Å². The lowest BCUT2D eigenvalue weighted by molar-refractivity contribution is 0.0592. The van der Waals surface area contributed by atoms with Crippen molar-refractivity contribution in [3.63, 3.8) is 0 Å². The molecule has 0 aliphatic rings. The van der Waals surface area contributed by atoms with Gasteiger partial charge in [-0.25, -0.2) is 19.1 Å². The molecule has 0 aliphatic heterocycles. The summed E-state index contributed by atoms with van der Waals surface area (Å²) in [7, 11) is 1.34. The number of nitrogens with zero attached hydrogens (tertiary/aromatic N) is 6. The topological polar surface area (TPSA) is 87.7 Å². The summed E-state index contributed by atoms with van der Waals surface area (Å²) in [5.74, 6) is 0.343. The number of rotatable bonds is 7. The van der Waals surface area contributed by atoms with Crippen molar-refractivity contribution in [1.29, 1.82) is 0 Å². The molecule has 0 unspecified atom stereocenters. The fourth-order valence-electron chi connectivity index (χ4n) is 2.14. The van der Waals surface area contributed by atoms with Crippen LogP contribution in [0.5, 0.6) is 0 Å². The van der Waals surface area contributed by atoms with Crippen LogP contribution in [-0.4, -0.2) is 42.8 Å². The van der Waals surface area contributed by atoms with Crippen molar-refractivity contribution in [2.75, 3.05) is 7.11 Å². The summed E-state index contributed by atoms with van der Waals surface area (Å²) in [6, 6.07) is 0. The molecule has 114 valence electrons. The van der Waals surface area contributed by atoms with Crippen LogP contribution in [0.2, 0.25) is 0 Å². The molecule has 0 saturated carbocycles. The van der Waals surface area contributed by atoms with Gasteiger partial charge in [-0.3, -0.25) is 0 Å². The molecule has 2 rings (SSSR count). The third kappa shape index (κ3) is 3.26. The van der Waals surface area contributed by atoms with Crippen LogP contribution in [0.4, 0.5) is 0 Å². The van der Waals surface area contributed by atoms with E-state index in [4.69, 9.17) is 4.74 Å². The summed E-state index contributed by atoms with van der Waals surface area (Å²) in [5, 5.41) is 12.2. The van der Waals surface area contributed by atoms with Crippen molar-refractivity contribution >= 4 is 5.97 Å². The Bertz CT molecular complexity index is 604. The van der Waals surface area contributed by atoms with E-state index in [2.05, 4.69) is 27.3 Å². The summed E-state index contributed by atoms with van der Waals surface area (Å²) in [6.07, 6.45) is 4.10. The molecule has 0 radical (unpaired) electrons. The Morgan fingerprint density at radius 1 is 1.29 bits per heavy atom. The number of hydrogen-bond acceptors (Lipinski definition) is 6. The lowest BCUT2D eigenvalue weighted by Crippen LogP contribution is -2.14. The van der Waals surface area contributed by atoms with Crippen LogP contribution in [-0.2, 0) is 24.2 Å². The highest BCUT2D eigenvalue weighted by atomic mass is 16.5. The highest BCUT2D eigenvalue weighted by Gasteiger charge is 2.20. The number of aryl methyl sites for hydroxylation is 1. The maximum absolute atomic E-state index is 11.7. The molecular formula is C13H20N6O2. The Hall–Kier alpha value is -2.25. The Balaban J connectivity index is 2.29. The molecule has 0 atom stereocenters. The zero-order chi connectivity index (χ0) is 15.2. The first-order valence-corrected chi connectivity index (χ1v) is 7.08. The van der Waals surface area contributed by atoms with E-state index in [1.807, 2.05) is 11.6 Å². The maximum atomic E-state index is 11.7. The molecule has 0 fully saturated rings. The molecule has 0 N–H and O–H groups in total. The molecule has 0 bridgehead atoms. The van der Waals surface area contributed by atoms with E-state index in [0.29, 0.717) is 13.0 Å². The molecule has 21 heavy (non-hydrogen) atoms. The van der Waals surface area contributed by atoms with Gasteiger partial charge in [0.25, 0.3) is 0 Å². The first kappa shape index (κ1) is 15.1. The average Bonchev–Trinajstić information content (AvgIpc) is 3.08. The molecule has 0 saturated heterocycles. The summed E-state index contributed by atoms with van der Waals surface area (Å²) in [4.78, 5) is 16.0. The predicted octanol–water partition coefficient (Wildman–Crippen LogP) is 1.07. The molecule has 8 nitrogen and oxygen atoms in total. The molecule has 0 aromatic carbocycles. The second-order valence-electron chi connectivity index (χ2n) is 4.68. The van der Waals surface area contributed by atoms with Crippen LogP contribution in [0.25, 0.3) is 0 Å². The monoisotopic (exact) mass is 292 g/mol. The van der Waals surface area contributed by atoms with Gasteiger partial charge in [0.1, 0.15) is 18.7 Å². The smallest absolute Gasteiger partial charge is 0.360 e. The van der Waals surface area contributed by atoms with Crippen LogP contribution in [0, 0.1) is 0 Å². The number of ether oxygens (including phenoxy) is 1. The van der Waals surface area contributed by atoms with Gasteiger partial charge in [0.2, 0.25) is 0 Å². The third-order valence-electron chi connectivity index (χ3n) is 3.13. The molecule has 0 aliphatic carbocycles. The van der Waals surface area contributed by atoms with Crippen molar-refractivity contribution in [2.45, 2.75) is 46.2 Å². The maximum Gasteiger partial charge on any atom is 0.360 e. The highest BCUT2D eigenvalue weighted by molar-refractivity contribution is 5.88. The second kappa shape index (κ2) is 6.96. The molecule has 0 spiro atoms. The number of aromatic nitrogens is 6. The van der Waals surface area contributed by atoms with E-state index in [9.17, 15) is 4.79 Å². The lowest BCUT2D eigenvalue weighted by atomic mass is 10.2. The number of carbonyl (C=O) groups excluding carboxylic acids is 1. The van der Waals surface area contributed by atoms with E-state index >= 15 is 0 Å². The van der Waals surface area contributed by atoms with E-state index in [1.165, 1.54) is 13.4 Å². The average molecular weight is 292 g/mol. The Kier molecular flexibility index (Phi) is 5.02. The number of esters is 1. The first-order valence-electron chi connectivity index (χ1n) is 7.08. The minimum atomic E-state index is -0.459. The van der Waals surface area contributed by atoms with Crippen molar-refractivity contribution in [3.05, 3.63) is 23.5 Å². The van der Waals surface area contributed by atoms with Crippen molar-refractivity contribution in [1.82, 2.24) is 29.8 Å². The van der Waals surface area contributed by atoms with E-state index in [0.717, 1.165) is 30.9 Å². The minimum Gasteiger partial charge on any atom is -0.464 e. The van der Waals surface area contributed by atoms with Gasteiger partial charge in [-0.15, -0.1) is 5.10 Å². The van der Waals surface area contributed by atoms with Crippen molar-refractivity contribution in [3.8, 4) is 0 Å². The van der Waals surface area contributed by atoms with Crippen LogP contribution in [0.15, 0.2) is 6.33 Å². The standard InChI is InChI=1S/C13H20N6O2/c1-4-6-10-12(13(20)21-3)16-17-19(10)8-11-14-9-15-18(11)7-5-2/h9H,4-8H2,1-3H3. The Morgan fingerprint density at radius 2 is 2.10 bits per heavy atom. The van der Waals surface area contributed by atoms with Crippen LogP contribution < -0.4 is 0 Å². The summed E-state index contributed by atoms with van der Waals surface area (Å²) in [6.45, 7) is 5.37. The first-order chi connectivity index (χ1) is 10.2. The van der Waals surface area contributed by atoms with Crippen molar-refractivity contribution < 1.29 is 9.53 Å². The molecule has 2 heterocycles. The van der Waals surface area contributed by atoms with E-state index < -0.39 is 5.97 Å². The number of methoxy groups -OCH3 is 1. The Morgan fingerprint density at radius 3 is 2.76 bits per heavy atom. The van der Waals surface area contributed by atoms with Crippen molar-refractivity contribution in [2.24, 2.45) is 0 Å². The van der Waals surface area contributed by atoms with Crippen LogP contribution in [0.3, 0.4) is 0 Å². The van der Waals surface area contributed by atoms with Gasteiger partial charge in [-0.1, -0.05) is 25.5 Å². The minimum absolute atomic E-state index is 0.279. The van der Waals surface area contributed by atoms with Gasteiger partial charge in [0.05, 0.1) is 12.8 Å². The van der Waals surface area contributed by atoms with Gasteiger partial charge >= 0.3 is 5.97 Å². The summed E-state index contributed by atoms with van der Waals surface area (Å²) in [5.41, 5.74) is 1.05. The molecule has 8 heteroatoms. The zero-order valence-electron chi connectivity index (χ0n) is 12.6. The van der Waals surface area contributed by atoms with Crippen LogP contribution >= 0.6 is 0 Å². The SMILES string of the molecule is CCCc1c(C(=O)OC)nnn1Cc1ncnn1CCC. The molecular weight excluding hydrogens is 272 g/mol. The third-order valence-corrected chi connectivity index (χ3v) is 3.13. The van der Waals surface area contributed by atoms with Gasteiger partial charge in [0, 0.05) is 6.54 Å². The van der Waals surface area contributed by atoms with E-state index in [-0.39, 0.29) is 5.69 Å². The quantitative estimate of drug-likeness (QED) is 0.709. The molecule has 2 aromatic rings.